The normalized spacial score (nSPS) is 10.0. The largest absolute Gasteiger partial charge is 0.398 e. The number of Topliss-reactive ketones (excluding diaryl/α,β-unsaturated/α-hetero) is 1. The molecule has 0 atom stereocenters. The fourth-order valence-electron chi connectivity index (χ4n) is 1.04. The van der Waals surface area contributed by atoms with Crippen molar-refractivity contribution in [2.45, 2.75) is 6.42 Å². The van der Waals surface area contributed by atoms with Gasteiger partial charge in [0, 0.05) is 17.7 Å². The molecule has 0 amide bonds. The van der Waals surface area contributed by atoms with Gasteiger partial charge in [-0.1, -0.05) is 0 Å². The van der Waals surface area contributed by atoms with Crippen LogP contribution in [-0.2, 0) is 0 Å². The maximum absolute atomic E-state index is 12.7. The Hall–Kier alpha value is -1.42. The number of ketones is 1. The standard InChI is InChI=1S/C9H11FN2O/c10-6-1-2-8(12)7(5-6)9(13)3-4-11/h1-2,5H,3-4,11-12H2. The lowest BCUT2D eigenvalue weighted by Gasteiger charge is -2.03. The van der Waals surface area contributed by atoms with Gasteiger partial charge < -0.3 is 11.5 Å². The Bertz CT molecular complexity index is 325. The first kappa shape index (κ1) is 9.67. The summed E-state index contributed by atoms with van der Waals surface area (Å²) in [5.74, 6) is -0.686. The number of carbonyl (C=O) groups excluding carboxylic acids is 1. The maximum atomic E-state index is 12.7. The second-order valence-electron chi connectivity index (χ2n) is 2.69. The number of halogens is 1. The van der Waals surface area contributed by atoms with E-state index in [0.717, 1.165) is 6.07 Å². The Morgan fingerprint density at radius 3 is 2.77 bits per heavy atom. The van der Waals surface area contributed by atoms with Crippen LogP contribution in [-0.4, -0.2) is 12.3 Å². The molecule has 0 aliphatic rings. The van der Waals surface area contributed by atoms with Crippen LogP contribution in [0.15, 0.2) is 18.2 Å². The summed E-state index contributed by atoms with van der Waals surface area (Å²) in [5, 5.41) is 0. The summed E-state index contributed by atoms with van der Waals surface area (Å²) in [4.78, 5) is 11.3. The quantitative estimate of drug-likeness (QED) is 0.540. The molecule has 0 spiro atoms. The van der Waals surface area contributed by atoms with Crippen LogP contribution in [0.3, 0.4) is 0 Å². The first-order chi connectivity index (χ1) is 6.15. The Labute approximate surface area is 75.5 Å². The van der Waals surface area contributed by atoms with Gasteiger partial charge in [0.2, 0.25) is 0 Å². The molecular formula is C9H11FN2O. The van der Waals surface area contributed by atoms with Gasteiger partial charge in [-0.25, -0.2) is 4.39 Å². The fourth-order valence-corrected chi connectivity index (χ4v) is 1.04. The van der Waals surface area contributed by atoms with Gasteiger partial charge in [0.15, 0.2) is 5.78 Å². The number of nitrogens with two attached hydrogens (primary N) is 2. The average molecular weight is 182 g/mol. The van der Waals surface area contributed by atoms with Gasteiger partial charge in [-0.3, -0.25) is 4.79 Å². The molecule has 13 heavy (non-hydrogen) atoms. The maximum Gasteiger partial charge on any atom is 0.166 e. The SMILES string of the molecule is NCCC(=O)c1cc(F)ccc1N. The van der Waals surface area contributed by atoms with E-state index in [0.29, 0.717) is 5.69 Å². The van der Waals surface area contributed by atoms with Gasteiger partial charge in [-0.2, -0.15) is 0 Å². The van der Waals surface area contributed by atoms with Crippen LogP contribution in [0.5, 0.6) is 0 Å². The minimum absolute atomic E-state index is 0.188. The van der Waals surface area contributed by atoms with Gasteiger partial charge in [0.1, 0.15) is 5.82 Å². The van der Waals surface area contributed by atoms with Crippen molar-refractivity contribution in [2.75, 3.05) is 12.3 Å². The molecule has 0 radical (unpaired) electrons. The highest BCUT2D eigenvalue weighted by atomic mass is 19.1. The molecule has 0 saturated heterocycles. The van der Waals surface area contributed by atoms with E-state index in [-0.39, 0.29) is 24.3 Å². The van der Waals surface area contributed by atoms with E-state index in [9.17, 15) is 9.18 Å². The number of nitrogen functional groups attached to an aromatic ring is 1. The van der Waals surface area contributed by atoms with Gasteiger partial charge in [0.25, 0.3) is 0 Å². The van der Waals surface area contributed by atoms with Crippen molar-refractivity contribution in [1.82, 2.24) is 0 Å². The van der Waals surface area contributed by atoms with E-state index in [1.54, 1.807) is 0 Å². The Kier molecular flexibility index (Phi) is 2.97. The second-order valence-corrected chi connectivity index (χ2v) is 2.69. The lowest BCUT2D eigenvalue weighted by Crippen LogP contribution is -2.10. The third-order valence-corrected chi connectivity index (χ3v) is 1.69. The predicted molar refractivity (Wildman–Crippen MR) is 48.8 cm³/mol. The van der Waals surface area contributed by atoms with Gasteiger partial charge in [0.05, 0.1) is 0 Å². The summed E-state index contributed by atoms with van der Waals surface area (Å²) in [7, 11) is 0. The highest BCUT2D eigenvalue weighted by Crippen LogP contribution is 2.14. The summed E-state index contributed by atoms with van der Waals surface area (Å²) in [6.07, 6.45) is 0.188. The van der Waals surface area contributed by atoms with Crippen molar-refractivity contribution in [1.29, 1.82) is 0 Å². The summed E-state index contributed by atoms with van der Waals surface area (Å²) in [6, 6.07) is 3.72. The van der Waals surface area contributed by atoms with Crippen molar-refractivity contribution in [3.05, 3.63) is 29.6 Å². The lowest BCUT2D eigenvalue weighted by atomic mass is 10.1. The molecule has 0 bridgehead atoms. The highest BCUT2D eigenvalue weighted by Gasteiger charge is 2.09. The van der Waals surface area contributed by atoms with Gasteiger partial charge in [-0.15, -0.1) is 0 Å². The predicted octanol–water partition coefficient (Wildman–Crippen LogP) is 0.939. The van der Waals surface area contributed by atoms with E-state index in [2.05, 4.69) is 0 Å². The first-order valence-corrected chi connectivity index (χ1v) is 3.93. The molecule has 1 aromatic carbocycles. The topological polar surface area (TPSA) is 69.1 Å². The number of anilines is 1. The van der Waals surface area contributed by atoms with Crippen LogP contribution < -0.4 is 11.5 Å². The summed E-state index contributed by atoms with van der Waals surface area (Å²) in [5.41, 5.74) is 11.2. The zero-order valence-electron chi connectivity index (χ0n) is 7.09. The van der Waals surface area contributed by atoms with Crippen LogP contribution in [0.1, 0.15) is 16.8 Å². The van der Waals surface area contributed by atoms with E-state index in [1.165, 1.54) is 12.1 Å². The van der Waals surface area contributed by atoms with Crippen LogP contribution in [0.4, 0.5) is 10.1 Å². The number of benzene rings is 1. The molecule has 0 unspecified atom stereocenters. The monoisotopic (exact) mass is 182 g/mol. The second kappa shape index (κ2) is 4.00. The average Bonchev–Trinajstić information content (AvgIpc) is 2.09. The van der Waals surface area contributed by atoms with E-state index in [1.807, 2.05) is 0 Å². The van der Waals surface area contributed by atoms with E-state index < -0.39 is 5.82 Å². The third-order valence-electron chi connectivity index (χ3n) is 1.69. The van der Waals surface area contributed by atoms with Crippen molar-refractivity contribution in [3.8, 4) is 0 Å². The molecular weight excluding hydrogens is 171 g/mol. The molecule has 3 nitrogen and oxygen atoms in total. The molecule has 0 aromatic heterocycles. The lowest BCUT2D eigenvalue weighted by molar-refractivity contribution is 0.0986. The third kappa shape index (κ3) is 2.26. The molecule has 4 N–H and O–H groups in total. The van der Waals surface area contributed by atoms with Crippen LogP contribution in [0, 0.1) is 5.82 Å². The highest BCUT2D eigenvalue weighted by molar-refractivity contribution is 6.00. The zero-order valence-corrected chi connectivity index (χ0v) is 7.09. The molecule has 4 heteroatoms. The molecule has 1 aromatic rings. The number of hydrogen-bond acceptors (Lipinski definition) is 3. The molecule has 70 valence electrons. The molecule has 0 saturated carbocycles. The van der Waals surface area contributed by atoms with E-state index >= 15 is 0 Å². The van der Waals surface area contributed by atoms with E-state index in [4.69, 9.17) is 11.5 Å². The van der Waals surface area contributed by atoms with Gasteiger partial charge >= 0.3 is 0 Å². The molecule has 1 rings (SSSR count). The van der Waals surface area contributed by atoms with Crippen molar-refractivity contribution >= 4 is 11.5 Å². The van der Waals surface area contributed by atoms with Gasteiger partial charge in [-0.05, 0) is 24.7 Å². The Morgan fingerprint density at radius 2 is 2.15 bits per heavy atom. The van der Waals surface area contributed by atoms with Crippen LogP contribution in [0.25, 0.3) is 0 Å². The zero-order chi connectivity index (χ0) is 9.84. The summed E-state index contributed by atoms with van der Waals surface area (Å²) < 4.78 is 12.7. The molecule has 0 aliphatic heterocycles. The number of carbonyl (C=O) groups is 1. The van der Waals surface area contributed by atoms with Crippen molar-refractivity contribution in [2.24, 2.45) is 5.73 Å². The minimum atomic E-state index is -0.463. The smallest absolute Gasteiger partial charge is 0.166 e. The molecule has 0 fully saturated rings. The molecule has 0 aliphatic carbocycles. The summed E-state index contributed by atoms with van der Waals surface area (Å²) >= 11 is 0. The number of hydrogen-bond donors (Lipinski definition) is 2. The van der Waals surface area contributed by atoms with Crippen LogP contribution >= 0.6 is 0 Å². The van der Waals surface area contributed by atoms with Crippen molar-refractivity contribution < 1.29 is 9.18 Å². The summed E-state index contributed by atoms with van der Waals surface area (Å²) in [6.45, 7) is 0.245. The van der Waals surface area contributed by atoms with Crippen molar-refractivity contribution in [3.63, 3.8) is 0 Å². The molecule has 0 heterocycles. The Balaban J connectivity index is 2.99. The van der Waals surface area contributed by atoms with Crippen LogP contribution in [0.2, 0.25) is 0 Å². The minimum Gasteiger partial charge on any atom is -0.398 e. The first-order valence-electron chi connectivity index (χ1n) is 3.93. The fraction of sp³-hybridized carbons (Fsp3) is 0.222. The Morgan fingerprint density at radius 1 is 1.46 bits per heavy atom. The number of rotatable bonds is 3.